The molecule has 3 aromatic rings. The molecule has 0 aliphatic rings. The fourth-order valence-electron chi connectivity index (χ4n) is 2.75. The monoisotopic (exact) mass is 370 g/mol. The summed E-state index contributed by atoms with van der Waals surface area (Å²) in [5.74, 6) is -0.875. The molecule has 1 aromatic heterocycles. The maximum atomic E-state index is 12.5. The number of rotatable bonds is 5. The molecule has 2 aromatic carbocycles. The number of benzene rings is 2. The molecule has 2 N–H and O–H groups in total. The second kappa shape index (κ2) is 7.62. The first-order valence-electron chi connectivity index (χ1n) is 8.26. The zero-order valence-electron chi connectivity index (χ0n) is 14.5. The Morgan fingerprint density at radius 1 is 1.15 bits per heavy atom. The molecule has 0 aliphatic carbocycles. The minimum Gasteiger partial charge on any atom is -0.449 e. The third-order valence-electron chi connectivity index (χ3n) is 4.13. The van der Waals surface area contributed by atoms with Crippen LogP contribution in [0.1, 0.15) is 28.5 Å². The lowest BCUT2D eigenvalue weighted by Crippen LogP contribution is -2.35. The molecule has 5 nitrogen and oxygen atoms in total. The number of aryl methyl sites for hydroxylation is 1. The Bertz CT molecular complexity index is 947. The fraction of sp³-hybridized carbons (Fsp3) is 0.200. The molecule has 0 saturated carbocycles. The fourth-order valence-corrected chi connectivity index (χ4v) is 2.87. The van der Waals surface area contributed by atoms with Crippen LogP contribution in [0.2, 0.25) is 5.02 Å². The van der Waals surface area contributed by atoms with Gasteiger partial charge in [0.2, 0.25) is 0 Å². The summed E-state index contributed by atoms with van der Waals surface area (Å²) in [5.41, 5.74) is 2.94. The highest BCUT2D eigenvalue weighted by Crippen LogP contribution is 2.23. The van der Waals surface area contributed by atoms with E-state index in [0.29, 0.717) is 22.8 Å². The van der Waals surface area contributed by atoms with Crippen LogP contribution in [0.25, 0.3) is 10.9 Å². The topological polar surface area (TPSA) is 71.2 Å². The van der Waals surface area contributed by atoms with Gasteiger partial charge >= 0.3 is 5.97 Å². The number of carbonyl (C=O) groups excluding carboxylic acids is 2. The lowest BCUT2D eigenvalue weighted by Gasteiger charge is -2.14. The van der Waals surface area contributed by atoms with E-state index in [9.17, 15) is 9.59 Å². The lowest BCUT2D eigenvalue weighted by atomic mass is 10.1. The standard InChI is InChI=1S/C20H19ClN2O3/c1-12-18(16-5-3-4-6-17(16)23-12)20(25)26-13(2)19(24)22-11-14-7-9-15(21)10-8-14/h3-10,13,23H,11H2,1-2H3,(H,22,24). The van der Waals surface area contributed by atoms with Crippen molar-refractivity contribution in [2.75, 3.05) is 0 Å². The van der Waals surface area contributed by atoms with Gasteiger partial charge in [-0.15, -0.1) is 0 Å². The van der Waals surface area contributed by atoms with Gasteiger partial charge in [0.05, 0.1) is 5.56 Å². The molecule has 134 valence electrons. The second-order valence-electron chi connectivity index (χ2n) is 6.06. The van der Waals surface area contributed by atoms with E-state index in [0.717, 1.165) is 16.5 Å². The molecular formula is C20H19ClN2O3. The Labute approximate surface area is 156 Å². The Hall–Kier alpha value is -2.79. The van der Waals surface area contributed by atoms with E-state index in [4.69, 9.17) is 16.3 Å². The van der Waals surface area contributed by atoms with Crippen LogP contribution in [0.4, 0.5) is 0 Å². The van der Waals surface area contributed by atoms with Gasteiger partial charge in [-0.2, -0.15) is 0 Å². The van der Waals surface area contributed by atoms with Crippen LogP contribution in [0.5, 0.6) is 0 Å². The third kappa shape index (κ3) is 3.89. The van der Waals surface area contributed by atoms with Crippen molar-refractivity contribution in [1.29, 1.82) is 0 Å². The Morgan fingerprint density at radius 3 is 2.58 bits per heavy atom. The molecule has 1 heterocycles. The molecule has 3 rings (SSSR count). The minimum atomic E-state index is -0.900. The average Bonchev–Trinajstić information content (AvgIpc) is 2.96. The second-order valence-corrected chi connectivity index (χ2v) is 6.50. The normalized spacial score (nSPS) is 12.0. The lowest BCUT2D eigenvalue weighted by molar-refractivity contribution is -0.129. The van der Waals surface area contributed by atoms with E-state index < -0.39 is 12.1 Å². The quantitative estimate of drug-likeness (QED) is 0.667. The smallest absolute Gasteiger partial charge is 0.341 e. The molecule has 1 amide bonds. The first kappa shape index (κ1) is 18.0. The predicted octanol–water partition coefficient (Wildman–Crippen LogP) is 3.99. The number of hydrogen-bond donors (Lipinski definition) is 2. The van der Waals surface area contributed by atoms with Crippen molar-refractivity contribution in [3.05, 3.63) is 70.4 Å². The van der Waals surface area contributed by atoms with E-state index in [1.807, 2.05) is 43.3 Å². The first-order valence-corrected chi connectivity index (χ1v) is 8.64. The molecule has 0 bridgehead atoms. The van der Waals surface area contributed by atoms with Gasteiger partial charge in [0.25, 0.3) is 5.91 Å². The van der Waals surface area contributed by atoms with Crippen LogP contribution in [0.3, 0.4) is 0 Å². The molecule has 26 heavy (non-hydrogen) atoms. The maximum Gasteiger partial charge on any atom is 0.341 e. The predicted molar refractivity (Wildman–Crippen MR) is 101 cm³/mol. The number of para-hydroxylation sites is 1. The molecule has 0 aliphatic heterocycles. The van der Waals surface area contributed by atoms with Gasteiger partial charge in [0.1, 0.15) is 0 Å². The van der Waals surface area contributed by atoms with E-state index >= 15 is 0 Å². The Morgan fingerprint density at radius 2 is 1.85 bits per heavy atom. The molecule has 0 fully saturated rings. The van der Waals surface area contributed by atoms with Crippen molar-refractivity contribution >= 4 is 34.4 Å². The van der Waals surface area contributed by atoms with E-state index in [1.54, 1.807) is 19.1 Å². The van der Waals surface area contributed by atoms with Gasteiger partial charge in [-0.05, 0) is 37.6 Å². The summed E-state index contributed by atoms with van der Waals surface area (Å²) in [6.45, 7) is 3.70. The average molecular weight is 371 g/mol. The summed E-state index contributed by atoms with van der Waals surface area (Å²) in [7, 11) is 0. The van der Waals surface area contributed by atoms with Gasteiger partial charge in [-0.1, -0.05) is 41.9 Å². The summed E-state index contributed by atoms with van der Waals surface area (Å²) in [5, 5.41) is 4.17. The summed E-state index contributed by atoms with van der Waals surface area (Å²) >= 11 is 5.84. The van der Waals surface area contributed by atoms with Crippen LogP contribution in [-0.2, 0) is 16.1 Å². The molecule has 1 atom stereocenters. The SMILES string of the molecule is Cc1[nH]c2ccccc2c1C(=O)OC(C)C(=O)NCc1ccc(Cl)cc1. The van der Waals surface area contributed by atoms with Crippen molar-refractivity contribution < 1.29 is 14.3 Å². The van der Waals surface area contributed by atoms with Crippen molar-refractivity contribution in [3.8, 4) is 0 Å². The zero-order chi connectivity index (χ0) is 18.7. The van der Waals surface area contributed by atoms with Gasteiger partial charge in [0.15, 0.2) is 6.10 Å². The van der Waals surface area contributed by atoms with Crippen molar-refractivity contribution in [3.63, 3.8) is 0 Å². The summed E-state index contributed by atoms with van der Waals surface area (Å²) in [6.07, 6.45) is -0.900. The van der Waals surface area contributed by atoms with Crippen molar-refractivity contribution in [2.24, 2.45) is 0 Å². The van der Waals surface area contributed by atoms with Crippen molar-refractivity contribution in [1.82, 2.24) is 10.3 Å². The summed E-state index contributed by atoms with van der Waals surface area (Å²) < 4.78 is 5.36. The zero-order valence-corrected chi connectivity index (χ0v) is 15.3. The highest BCUT2D eigenvalue weighted by atomic mass is 35.5. The maximum absolute atomic E-state index is 12.5. The van der Waals surface area contributed by atoms with Crippen LogP contribution < -0.4 is 5.32 Å². The number of carbonyl (C=O) groups is 2. The molecular weight excluding hydrogens is 352 g/mol. The van der Waals surface area contributed by atoms with Gasteiger partial charge in [-0.25, -0.2) is 4.79 Å². The van der Waals surface area contributed by atoms with E-state index in [1.165, 1.54) is 0 Å². The van der Waals surface area contributed by atoms with Gasteiger partial charge in [-0.3, -0.25) is 4.79 Å². The van der Waals surface area contributed by atoms with E-state index in [-0.39, 0.29) is 5.91 Å². The number of fused-ring (bicyclic) bond motifs is 1. The third-order valence-corrected chi connectivity index (χ3v) is 4.38. The van der Waals surface area contributed by atoms with Crippen LogP contribution >= 0.6 is 11.6 Å². The van der Waals surface area contributed by atoms with Gasteiger partial charge in [0, 0.05) is 28.2 Å². The van der Waals surface area contributed by atoms with Crippen LogP contribution in [0, 0.1) is 6.92 Å². The summed E-state index contributed by atoms with van der Waals surface area (Å²) in [6, 6.07) is 14.7. The molecule has 0 radical (unpaired) electrons. The Kier molecular flexibility index (Phi) is 5.28. The molecule has 0 spiro atoms. The molecule has 6 heteroatoms. The number of hydrogen-bond acceptors (Lipinski definition) is 3. The number of aromatic nitrogens is 1. The number of H-pyrrole nitrogens is 1. The first-order chi connectivity index (χ1) is 12.5. The number of esters is 1. The minimum absolute atomic E-state index is 0.337. The van der Waals surface area contributed by atoms with Crippen LogP contribution in [0.15, 0.2) is 48.5 Å². The largest absolute Gasteiger partial charge is 0.449 e. The Balaban J connectivity index is 1.63. The number of ether oxygens (including phenoxy) is 1. The number of aromatic amines is 1. The van der Waals surface area contributed by atoms with Crippen molar-refractivity contribution in [2.45, 2.75) is 26.5 Å². The van der Waals surface area contributed by atoms with Crippen LogP contribution in [-0.4, -0.2) is 23.0 Å². The number of nitrogens with one attached hydrogen (secondary N) is 2. The molecule has 0 saturated heterocycles. The summed E-state index contributed by atoms with van der Waals surface area (Å²) in [4.78, 5) is 27.9. The number of halogens is 1. The molecule has 1 unspecified atom stereocenters. The van der Waals surface area contributed by atoms with Gasteiger partial charge < -0.3 is 15.0 Å². The number of amides is 1. The highest BCUT2D eigenvalue weighted by Gasteiger charge is 2.22. The van der Waals surface area contributed by atoms with E-state index in [2.05, 4.69) is 10.3 Å². The highest BCUT2D eigenvalue weighted by molar-refractivity contribution is 6.30.